The van der Waals surface area contributed by atoms with Crippen LogP contribution in [0.5, 0.6) is 0 Å². The lowest BCUT2D eigenvalue weighted by molar-refractivity contribution is -0.138. The van der Waals surface area contributed by atoms with Gasteiger partial charge in [-0.1, -0.05) is 30.3 Å². The minimum atomic E-state index is -0.557. The van der Waals surface area contributed by atoms with Gasteiger partial charge in [-0.15, -0.1) is 0 Å². The van der Waals surface area contributed by atoms with Crippen molar-refractivity contribution >= 4 is 11.8 Å². The smallest absolute Gasteiger partial charge is 0.246 e. The predicted octanol–water partition coefficient (Wildman–Crippen LogP) is 0.250. The Hall–Kier alpha value is -1.88. The highest BCUT2D eigenvalue weighted by atomic mass is 16.5. The first-order valence-corrected chi connectivity index (χ1v) is 6.44. The minimum Gasteiger partial charge on any atom is -0.369 e. The van der Waals surface area contributed by atoms with Gasteiger partial charge in [-0.2, -0.15) is 0 Å². The van der Waals surface area contributed by atoms with Crippen LogP contribution in [-0.4, -0.2) is 37.6 Å². The number of amides is 2. The number of benzene rings is 1. The summed E-state index contributed by atoms with van der Waals surface area (Å²) in [5.74, 6) is -0.420. The summed E-state index contributed by atoms with van der Waals surface area (Å²) in [6.45, 7) is 0.883. The third-order valence-electron chi connectivity index (χ3n) is 2.95. The monoisotopic (exact) mass is 262 g/mol. The summed E-state index contributed by atoms with van der Waals surface area (Å²) in [4.78, 5) is 22.8. The van der Waals surface area contributed by atoms with Crippen molar-refractivity contribution in [2.75, 3.05) is 19.8 Å². The maximum atomic E-state index is 11.7. The highest BCUT2D eigenvalue weighted by molar-refractivity contribution is 5.88. The molecule has 1 saturated heterocycles. The van der Waals surface area contributed by atoms with E-state index in [4.69, 9.17) is 4.74 Å². The third-order valence-corrected chi connectivity index (χ3v) is 2.95. The van der Waals surface area contributed by atoms with E-state index in [1.807, 2.05) is 18.2 Å². The molecule has 0 bridgehead atoms. The fourth-order valence-electron chi connectivity index (χ4n) is 1.96. The number of nitrogens with one attached hydrogen (secondary N) is 2. The van der Waals surface area contributed by atoms with Crippen LogP contribution in [-0.2, 0) is 20.7 Å². The number of morpholine rings is 1. The maximum Gasteiger partial charge on any atom is 0.246 e. The van der Waals surface area contributed by atoms with Gasteiger partial charge in [0.05, 0.1) is 6.61 Å². The maximum absolute atomic E-state index is 11.7. The summed E-state index contributed by atoms with van der Waals surface area (Å²) in [6.07, 6.45) is 1.80. The van der Waals surface area contributed by atoms with Crippen molar-refractivity contribution in [3.8, 4) is 0 Å². The van der Waals surface area contributed by atoms with Crippen molar-refractivity contribution in [2.24, 2.45) is 0 Å². The van der Waals surface area contributed by atoms with Gasteiger partial charge in [-0.25, -0.2) is 0 Å². The lowest BCUT2D eigenvalue weighted by Gasteiger charge is -2.22. The van der Waals surface area contributed by atoms with Gasteiger partial charge < -0.3 is 15.4 Å². The van der Waals surface area contributed by atoms with Gasteiger partial charge in [0.25, 0.3) is 0 Å². The molecule has 0 radical (unpaired) electrons. The van der Waals surface area contributed by atoms with E-state index < -0.39 is 6.04 Å². The Bertz CT molecular complexity index is 434. The Labute approximate surface area is 112 Å². The van der Waals surface area contributed by atoms with Crippen LogP contribution < -0.4 is 10.6 Å². The van der Waals surface area contributed by atoms with Crippen molar-refractivity contribution in [1.29, 1.82) is 0 Å². The van der Waals surface area contributed by atoms with Crippen LogP contribution in [0.2, 0.25) is 0 Å². The van der Waals surface area contributed by atoms with Gasteiger partial charge in [0, 0.05) is 6.54 Å². The molecule has 1 aliphatic rings. The first kappa shape index (κ1) is 13.5. The Morgan fingerprint density at radius 1 is 1.37 bits per heavy atom. The molecule has 5 heteroatoms. The van der Waals surface area contributed by atoms with Crippen LogP contribution in [0.4, 0.5) is 0 Å². The van der Waals surface area contributed by atoms with E-state index in [-0.39, 0.29) is 25.0 Å². The Morgan fingerprint density at radius 3 is 2.89 bits per heavy atom. The second-order valence-corrected chi connectivity index (χ2v) is 4.52. The van der Waals surface area contributed by atoms with Gasteiger partial charge >= 0.3 is 0 Å². The quantitative estimate of drug-likeness (QED) is 0.748. The van der Waals surface area contributed by atoms with E-state index in [1.165, 1.54) is 5.56 Å². The molecule has 2 amide bonds. The SMILES string of the molecule is O=C1COCC(C(=O)NCCCc2ccccc2)N1. The van der Waals surface area contributed by atoms with E-state index in [1.54, 1.807) is 0 Å². The first-order chi connectivity index (χ1) is 9.25. The molecule has 2 rings (SSSR count). The molecule has 1 heterocycles. The first-order valence-electron chi connectivity index (χ1n) is 6.44. The molecule has 0 spiro atoms. The largest absolute Gasteiger partial charge is 0.369 e. The van der Waals surface area contributed by atoms with Gasteiger partial charge in [-0.3, -0.25) is 9.59 Å². The fourth-order valence-corrected chi connectivity index (χ4v) is 1.96. The zero-order valence-corrected chi connectivity index (χ0v) is 10.7. The predicted molar refractivity (Wildman–Crippen MR) is 70.5 cm³/mol. The van der Waals surface area contributed by atoms with Crippen LogP contribution in [0.25, 0.3) is 0 Å². The highest BCUT2D eigenvalue weighted by Gasteiger charge is 2.24. The van der Waals surface area contributed by atoms with Gasteiger partial charge in [0.1, 0.15) is 12.6 Å². The average Bonchev–Trinajstić information content (AvgIpc) is 2.44. The highest BCUT2D eigenvalue weighted by Crippen LogP contribution is 2.01. The molecule has 2 N–H and O–H groups in total. The molecule has 1 aromatic rings. The normalized spacial score (nSPS) is 18.7. The molecule has 1 aromatic carbocycles. The Morgan fingerprint density at radius 2 is 2.16 bits per heavy atom. The summed E-state index contributed by atoms with van der Waals surface area (Å²) in [5, 5.41) is 5.41. The lowest BCUT2D eigenvalue weighted by atomic mass is 10.1. The number of ether oxygens (including phenoxy) is 1. The topological polar surface area (TPSA) is 67.4 Å². The zero-order valence-electron chi connectivity index (χ0n) is 10.7. The minimum absolute atomic E-state index is 0.0395. The second-order valence-electron chi connectivity index (χ2n) is 4.52. The van der Waals surface area contributed by atoms with E-state index in [0.29, 0.717) is 6.54 Å². The number of hydrogen-bond acceptors (Lipinski definition) is 3. The number of carbonyl (C=O) groups is 2. The molecule has 0 aliphatic carbocycles. The van der Waals surface area contributed by atoms with Gasteiger partial charge in [0.15, 0.2) is 0 Å². The number of rotatable bonds is 5. The summed E-state index contributed by atoms with van der Waals surface area (Å²) >= 11 is 0. The molecule has 0 saturated carbocycles. The summed E-state index contributed by atoms with van der Waals surface area (Å²) in [5.41, 5.74) is 1.26. The van der Waals surface area contributed by atoms with Crippen LogP contribution in [0.15, 0.2) is 30.3 Å². The summed E-state index contributed by atoms with van der Waals surface area (Å²) in [7, 11) is 0. The van der Waals surface area contributed by atoms with Crippen molar-refractivity contribution in [1.82, 2.24) is 10.6 Å². The summed E-state index contributed by atoms with van der Waals surface area (Å²) in [6, 6.07) is 9.56. The Balaban J connectivity index is 1.65. The lowest BCUT2D eigenvalue weighted by Crippen LogP contribution is -2.54. The fraction of sp³-hybridized carbons (Fsp3) is 0.429. The number of aryl methyl sites for hydroxylation is 1. The molecule has 1 unspecified atom stereocenters. The average molecular weight is 262 g/mol. The van der Waals surface area contributed by atoms with Crippen molar-refractivity contribution in [3.63, 3.8) is 0 Å². The van der Waals surface area contributed by atoms with Gasteiger partial charge in [-0.05, 0) is 18.4 Å². The van der Waals surface area contributed by atoms with Crippen LogP contribution in [0.3, 0.4) is 0 Å². The number of carbonyl (C=O) groups excluding carboxylic acids is 2. The molecule has 1 fully saturated rings. The Kier molecular flexibility index (Phi) is 4.92. The van der Waals surface area contributed by atoms with Crippen LogP contribution in [0.1, 0.15) is 12.0 Å². The van der Waals surface area contributed by atoms with E-state index in [9.17, 15) is 9.59 Å². The molecule has 1 atom stereocenters. The molecular weight excluding hydrogens is 244 g/mol. The number of hydrogen-bond donors (Lipinski definition) is 2. The molecule has 0 aromatic heterocycles. The van der Waals surface area contributed by atoms with Crippen molar-refractivity contribution in [2.45, 2.75) is 18.9 Å². The van der Waals surface area contributed by atoms with Crippen LogP contribution in [0, 0.1) is 0 Å². The molecule has 19 heavy (non-hydrogen) atoms. The third kappa shape index (κ3) is 4.37. The van der Waals surface area contributed by atoms with E-state index in [2.05, 4.69) is 22.8 Å². The standard InChI is InChI=1S/C14H18N2O3/c17-13-10-19-9-12(16-13)14(18)15-8-4-7-11-5-2-1-3-6-11/h1-3,5-6,12H,4,7-10H2,(H,15,18)(H,16,17). The van der Waals surface area contributed by atoms with Gasteiger partial charge in [0.2, 0.25) is 11.8 Å². The molecule has 1 aliphatic heterocycles. The van der Waals surface area contributed by atoms with Crippen molar-refractivity contribution in [3.05, 3.63) is 35.9 Å². The van der Waals surface area contributed by atoms with E-state index in [0.717, 1.165) is 12.8 Å². The van der Waals surface area contributed by atoms with E-state index >= 15 is 0 Å². The second kappa shape index (κ2) is 6.89. The molecule has 5 nitrogen and oxygen atoms in total. The molecular formula is C14H18N2O3. The van der Waals surface area contributed by atoms with Crippen LogP contribution >= 0.6 is 0 Å². The van der Waals surface area contributed by atoms with Crippen molar-refractivity contribution < 1.29 is 14.3 Å². The zero-order chi connectivity index (χ0) is 13.5. The summed E-state index contributed by atoms with van der Waals surface area (Å²) < 4.78 is 5.02. The molecule has 102 valence electrons.